The molecule has 0 aromatic rings. The van der Waals surface area contributed by atoms with Gasteiger partial charge in [-0.25, -0.2) is 13.2 Å². The zero-order chi connectivity index (χ0) is 15.6. The van der Waals surface area contributed by atoms with Gasteiger partial charge in [0.2, 0.25) is 7.01 Å². The summed E-state index contributed by atoms with van der Waals surface area (Å²) in [7, 11) is -3.47. The van der Waals surface area contributed by atoms with Crippen LogP contribution in [-0.2, 0) is 26.1 Å². The summed E-state index contributed by atoms with van der Waals surface area (Å²) in [6.45, 7) is 3.88. The van der Waals surface area contributed by atoms with Crippen LogP contribution in [-0.4, -0.2) is 39.3 Å². The Morgan fingerprint density at radius 3 is 2.30 bits per heavy atom. The lowest BCUT2D eigenvalue weighted by molar-refractivity contribution is -0.158. The molecule has 0 aliphatic heterocycles. The summed E-state index contributed by atoms with van der Waals surface area (Å²) in [5.41, 5.74) is 0. The molecule has 0 rings (SSSR count). The highest BCUT2D eigenvalue weighted by Crippen LogP contribution is 2.12. The smallest absolute Gasteiger partial charge is 0.344 e. The van der Waals surface area contributed by atoms with E-state index in [4.69, 9.17) is 4.74 Å². The quantitative estimate of drug-likeness (QED) is 0.306. The molecule has 0 aliphatic rings. The van der Waals surface area contributed by atoms with Crippen molar-refractivity contribution in [2.45, 2.75) is 39.5 Å². The third-order valence-electron chi connectivity index (χ3n) is 2.66. The average molecular weight is 420 g/mol. The first kappa shape index (κ1) is 19.6. The maximum atomic E-state index is 11.4. The fourth-order valence-corrected chi connectivity index (χ4v) is 2.60. The monoisotopic (exact) mass is 420 g/mol. The van der Waals surface area contributed by atoms with Crippen LogP contribution in [0.15, 0.2) is 0 Å². The molecule has 1 atom stereocenters. The van der Waals surface area contributed by atoms with Crippen molar-refractivity contribution < 1.29 is 27.5 Å². The standard InChI is InChI=1S/C12H21IO6S/c1-3-5-6-10(4-2)7-18-11(14)8-19-12(15)9-20(13,16)17/h10H,3-9H2,1-2H3. The van der Waals surface area contributed by atoms with Crippen LogP contribution in [0.3, 0.4) is 0 Å². The molecular weight excluding hydrogens is 399 g/mol. The molecule has 0 aromatic carbocycles. The SMILES string of the molecule is CCCCC(CC)COC(=O)COC(=O)CS(=O)(=O)I. The van der Waals surface area contributed by atoms with E-state index in [1.54, 1.807) is 0 Å². The summed E-state index contributed by atoms with van der Waals surface area (Å²) in [5.74, 6) is -2.03. The Hall–Kier alpha value is -0.380. The number of hydrogen-bond acceptors (Lipinski definition) is 6. The summed E-state index contributed by atoms with van der Waals surface area (Å²) in [4.78, 5) is 22.4. The lowest BCUT2D eigenvalue weighted by atomic mass is 10.0. The highest BCUT2D eigenvalue weighted by molar-refractivity contribution is 14.2. The average Bonchev–Trinajstić information content (AvgIpc) is 2.34. The van der Waals surface area contributed by atoms with Crippen LogP contribution in [0.1, 0.15) is 39.5 Å². The molecule has 0 heterocycles. The van der Waals surface area contributed by atoms with Gasteiger partial charge in [0.25, 0.3) is 0 Å². The van der Waals surface area contributed by atoms with Gasteiger partial charge in [0, 0.05) is 0 Å². The van der Waals surface area contributed by atoms with Crippen LogP contribution in [0.25, 0.3) is 0 Å². The van der Waals surface area contributed by atoms with E-state index in [0.717, 1.165) is 46.9 Å². The van der Waals surface area contributed by atoms with Crippen molar-refractivity contribution in [3.63, 3.8) is 0 Å². The van der Waals surface area contributed by atoms with Gasteiger partial charge < -0.3 is 9.47 Å². The normalized spacial score (nSPS) is 12.8. The van der Waals surface area contributed by atoms with Crippen molar-refractivity contribution in [2.24, 2.45) is 5.92 Å². The lowest BCUT2D eigenvalue weighted by Gasteiger charge is -2.14. The molecule has 0 aliphatic carbocycles. The van der Waals surface area contributed by atoms with Crippen molar-refractivity contribution in [1.29, 1.82) is 0 Å². The molecule has 0 N–H and O–H groups in total. The first-order valence-corrected chi connectivity index (χ1v) is 10.7. The van der Waals surface area contributed by atoms with Crippen molar-refractivity contribution in [1.82, 2.24) is 0 Å². The van der Waals surface area contributed by atoms with Crippen molar-refractivity contribution in [2.75, 3.05) is 19.0 Å². The van der Waals surface area contributed by atoms with E-state index in [2.05, 4.69) is 11.7 Å². The van der Waals surface area contributed by atoms with E-state index in [-0.39, 0.29) is 0 Å². The van der Waals surface area contributed by atoms with Crippen molar-refractivity contribution in [3.05, 3.63) is 0 Å². The largest absolute Gasteiger partial charge is 0.463 e. The maximum Gasteiger partial charge on any atom is 0.344 e. The van der Waals surface area contributed by atoms with E-state index >= 15 is 0 Å². The number of halogens is 1. The highest BCUT2D eigenvalue weighted by atomic mass is 127. The van der Waals surface area contributed by atoms with Crippen LogP contribution in [0.4, 0.5) is 0 Å². The van der Waals surface area contributed by atoms with Gasteiger partial charge >= 0.3 is 11.9 Å². The molecule has 8 heteroatoms. The number of ether oxygens (including phenoxy) is 2. The fraction of sp³-hybridized carbons (Fsp3) is 0.833. The van der Waals surface area contributed by atoms with Gasteiger partial charge in [0.1, 0.15) is 0 Å². The van der Waals surface area contributed by atoms with Crippen molar-refractivity contribution in [3.8, 4) is 0 Å². The van der Waals surface area contributed by atoms with E-state index in [1.165, 1.54) is 0 Å². The topological polar surface area (TPSA) is 86.7 Å². The van der Waals surface area contributed by atoms with Gasteiger partial charge in [0.15, 0.2) is 12.4 Å². The Morgan fingerprint density at radius 1 is 1.15 bits per heavy atom. The molecule has 0 aromatic heterocycles. The van der Waals surface area contributed by atoms with Crippen LogP contribution < -0.4 is 0 Å². The Kier molecular flexibility index (Phi) is 10.2. The Morgan fingerprint density at radius 2 is 1.80 bits per heavy atom. The van der Waals surface area contributed by atoms with Crippen LogP contribution in [0, 0.1) is 5.92 Å². The number of rotatable bonds is 10. The summed E-state index contributed by atoms with van der Waals surface area (Å²) in [6, 6.07) is 0. The number of carbonyl (C=O) groups excluding carboxylic acids is 2. The highest BCUT2D eigenvalue weighted by Gasteiger charge is 2.16. The van der Waals surface area contributed by atoms with Crippen LogP contribution in [0.5, 0.6) is 0 Å². The second-order valence-electron chi connectivity index (χ2n) is 4.44. The zero-order valence-electron chi connectivity index (χ0n) is 11.8. The van der Waals surface area contributed by atoms with Gasteiger partial charge in [-0.3, -0.25) is 4.79 Å². The van der Waals surface area contributed by atoms with E-state index < -0.39 is 31.3 Å². The Balaban J connectivity index is 3.91. The molecular formula is C12H21IO6S. The molecule has 0 saturated carbocycles. The molecule has 0 radical (unpaired) electrons. The number of hydrogen-bond donors (Lipinski definition) is 0. The molecule has 20 heavy (non-hydrogen) atoms. The first-order chi connectivity index (χ1) is 9.28. The van der Waals surface area contributed by atoms with E-state index in [0.29, 0.717) is 12.5 Å². The van der Waals surface area contributed by atoms with Crippen LogP contribution in [0.2, 0.25) is 0 Å². The molecule has 118 valence electrons. The summed E-state index contributed by atoms with van der Waals surface area (Å²) < 4.78 is 31.2. The summed E-state index contributed by atoms with van der Waals surface area (Å²) in [5, 5.41) is 0. The van der Waals surface area contributed by atoms with E-state index in [1.807, 2.05) is 6.92 Å². The third kappa shape index (κ3) is 11.4. The second-order valence-corrected chi connectivity index (χ2v) is 9.84. The predicted molar refractivity (Wildman–Crippen MR) is 83.0 cm³/mol. The maximum absolute atomic E-state index is 11.4. The minimum Gasteiger partial charge on any atom is -0.463 e. The van der Waals surface area contributed by atoms with Crippen LogP contribution >= 0.6 is 21.2 Å². The van der Waals surface area contributed by atoms with Gasteiger partial charge in [0.05, 0.1) is 27.8 Å². The molecule has 0 amide bonds. The zero-order valence-corrected chi connectivity index (χ0v) is 14.7. The molecule has 0 fully saturated rings. The van der Waals surface area contributed by atoms with Gasteiger partial charge in [-0.05, 0) is 12.3 Å². The molecule has 0 spiro atoms. The third-order valence-corrected chi connectivity index (χ3v) is 4.18. The molecule has 0 bridgehead atoms. The van der Waals surface area contributed by atoms with Crippen molar-refractivity contribution >= 4 is 40.2 Å². The minimum atomic E-state index is -3.47. The van der Waals surface area contributed by atoms with Gasteiger partial charge in [-0.1, -0.05) is 33.1 Å². The lowest BCUT2D eigenvalue weighted by Crippen LogP contribution is -2.22. The Bertz CT molecular complexity index is 406. The predicted octanol–water partition coefficient (Wildman–Crippen LogP) is 2.05. The number of esters is 2. The van der Waals surface area contributed by atoms with Gasteiger partial charge in [-0.15, -0.1) is 0 Å². The van der Waals surface area contributed by atoms with E-state index in [9.17, 15) is 18.0 Å². The molecule has 6 nitrogen and oxygen atoms in total. The number of carbonyl (C=O) groups is 2. The Labute approximate surface area is 132 Å². The minimum absolute atomic E-state index is 0.303. The number of unbranched alkanes of at least 4 members (excludes halogenated alkanes) is 1. The second kappa shape index (κ2) is 10.4. The first-order valence-electron chi connectivity index (χ1n) is 6.52. The molecule has 0 saturated heterocycles. The molecule has 1 unspecified atom stereocenters. The summed E-state index contributed by atoms with van der Waals surface area (Å²) >= 11 is 1.15. The summed E-state index contributed by atoms with van der Waals surface area (Å²) in [6.07, 6.45) is 4.08. The fourth-order valence-electron chi connectivity index (χ4n) is 1.47. The van der Waals surface area contributed by atoms with Gasteiger partial charge in [-0.2, -0.15) is 0 Å².